The zero-order valence-corrected chi connectivity index (χ0v) is 15.8. The second-order valence-electron chi connectivity index (χ2n) is 5.80. The van der Waals surface area contributed by atoms with E-state index < -0.39 is 11.9 Å². The first-order chi connectivity index (χ1) is 12.9. The van der Waals surface area contributed by atoms with Crippen molar-refractivity contribution < 1.29 is 28.5 Å². The van der Waals surface area contributed by atoms with E-state index in [2.05, 4.69) is 4.74 Å². The second kappa shape index (κ2) is 9.43. The predicted molar refractivity (Wildman–Crippen MR) is 101 cm³/mol. The molecular formula is C21H22O6. The standard InChI is InChI=1S/C21H22O6/c1-14-5-8-17(15(2)11-14)26-13-21(23)27-18-9-6-16(12-19(18)24-3)7-10-20(22)25-4/h5-12H,13H2,1-4H3/b10-7+. The zero-order valence-electron chi connectivity index (χ0n) is 15.8. The van der Waals surface area contributed by atoms with Crippen molar-refractivity contribution in [1.82, 2.24) is 0 Å². The molecule has 6 nitrogen and oxygen atoms in total. The first-order valence-corrected chi connectivity index (χ1v) is 8.27. The van der Waals surface area contributed by atoms with Crippen LogP contribution >= 0.6 is 0 Å². The van der Waals surface area contributed by atoms with Gasteiger partial charge in [-0.05, 0) is 49.2 Å². The third-order valence-corrected chi connectivity index (χ3v) is 3.70. The maximum atomic E-state index is 12.1. The molecule has 0 bridgehead atoms. The molecule has 0 aliphatic carbocycles. The lowest BCUT2D eigenvalue weighted by Crippen LogP contribution is -2.18. The van der Waals surface area contributed by atoms with Crippen molar-refractivity contribution in [3.63, 3.8) is 0 Å². The van der Waals surface area contributed by atoms with Crippen molar-refractivity contribution in [3.05, 3.63) is 59.2 Å². The number of aryl methyl sites for hydroxylation is 2. The summed E-state index contributed by atoms with van der Waals surface area (Å²) >= 11 is 0. The molecule has 0 saturated carbocycles. The van der Waals surface area contributed by atoms with Crippen LogP contribution in [0, 0.1) is 13.8 Å². The minimum absolute atomic E-state index is 0.225. The van der Waals surface area contributed by atoms with Gasteiger partial charge in [-0.15, -0.1) is 0 Å². The summed E-state index contributed by atoms with van der Waals surface area (Å²) in [7, 11) is 2.77. The third-order valence-electron chi connectivity index (χ3n) is 3.70. The zero-order chi connectivity index (χ0) is 19.8. The number of rotatable bonds is 7. The molecule has 27 heavy (non-hydrogen) atoms. The second-order valence-corrected chi connectivity index (χ2v) is 5.80. The number of benzene rings is 2. The SMILES string of the molecule is COC(=O)/C=C/c1ccc(OC(=O)COc2ccc(C)cc2C)c(OC)c1. The molecule has 0 unspecified atom stereocenters. The lowest BCUT2D eigenvalue weighted by atomic mass is 10.1. The summed E-state index contributed by atoms with van der Waals surface area (Å²) < 4.78 is 20.6. The van der Waals surface area contributed by atoms with Gasteiger partial charge in [0.25, 0.3) is 0 Å². The molecule has 0 radical (unpaired) electrons. The summed E-state index contributed by atoms with van der Waals surface area (Å²) in [6.45, 7) is 3.68. The van der Waals surface area contributed by atoms with Crippen LogP contribution in [-0.4, -0.2) is 32.8 Å². The Morgan fingerprint density at radius 3 is 2.37 bits per heavy atom. The number of hydrogen-bond donors (Lipinski definition) is 0. The topological polar surface area (TPSA) is 71.1 Å². The summed E-state index contributed by atoms with van der Waals surface area (Å²) in [5.74, 6) is 0.246. The lowest BCUT2D eigenvalue weighted by molar-refractivity contribution is -0.137. The highest BCUT2D eigenvalue weighted by Crippen LogP contribution is 2.29. The molecule has 2 rings (SSSR count). The summed E-state index contributed by atoms with van der Waals surface area (Å²) in [6.07, 6.45) is 2.86. The van der Waals surface area contributed by atoms with Crippen LogP contribution in [0.25, 0.3) is 6.08 Å². The Bertz CT molecular complexity index is 854. The quantitative estimate of drug-likeness (QED) is 0.422. The average molecular weight is 370 g/mol. The molecule has 0 aliphatic rings. The molecule has 0 N–H and O–H groups in total. The normalized spacial score (nSPS) is 10.5. The van der Waals surface area contributed by atoms with E-state index in [1.807, 2.05) is 32.0 Å². The van der Waals surface area contributed by atoms with Gasteiger partial charge in [-0.2, -0.15) is 0 Å². The van der Waals surface area contributed by atoms with Crippen molar-refractivity contribution >= 4 is 18.0 Å². The van der Waals surface area contributed by atoms with Crippen LogP contribution < -0.4 is 14.2 Å². The van der Waals surface area contributed by atoms with Crippen LogP contribution in [0.15, 0.2) is 42.5 Å². The molecule has 142 valence electrons. The molecule has 0 aromatic heterocycles. The fraction of sp³-hybridized carbons (Fsp3) is 0.238. The molecule has 2 aromatic rings. The molecule has 0 spiro atoms. The van der Waals surface area contributed by atoms with Gasteiger partial charge in [0.2, 0.25) is 0 Å². The highest BCUT2D eigenvalue weighted by Gasteiger charge is 2.12. The van der Waals surface area contributed by atoms with Gasteiger partial charge in [0.15, 0.2) is 18.1 Å². The highest BCUT2D eigenvalue weighted by molar-refractivity contribution is 5.87. The Hall–Kier alpha value is -3.28. The fourth-order valence-corrected chi connectivity index (χ4v) is 2.35. The van der Waals surface area contributed by atoms with E-state index in [0.29, 0.717) is 17.1 Å². The molecule has 0 heterocycles. The maximum Gasteiger partial charge on any atom is 0.349 e. The molecule has 0 amide bonds. The summed E-state index contributed by atoms with van der Waals surface area (Å²) in [4.78, 5) is 23.3. The summed E-state index contributed by atoms with van der Waals surface area (Å²) in [6, 6.07) is 10.6. The number of carbonyl (C=O) groups is 2. The van der Waals surface area contributed by atoms with Crippen molar-refractivity contribution in [2.45, 2.75) is 13.8 Å². The van der Waals surface area contributed by atoms with E-state index in [-0.39, 0.29) is 12.4 Å². The van der Waals surface area contributed by atoms with E-state index in [9.17, 15) is 9.59 Å². The highest BCUT2D eigenvalue weighted by atomic mass is 16.6. The van der Waals surface area contributed by atoms with E-state index in [4.69, 9.17) is 14.2 Å². The molecule has 0 saturated heterocycles. The van der Waals surface area contributed by atoms with Crippen LogP contribution in [0.5, 0.6) is 17.2 Å². The number of esters is 2. The monoisotopic (exact) mass is 370 g/mol. The van der Waals surface area contributed by atoms with E-state index in [1.54, 1.807) is 24.3 Å². The number of hydrogen-bond acceptors (Lipinski definition) is 6. The van der Waals surface area contributed by atoms with Gasteiger partial charge in [0, 0.05) is 6.08 Å². The average Bonchev–Trinajstić information content (AvgIpc) is 2.66. The van der Waals surface area contributed by atoms with Crippen molar-refractivity contribution in [2.75, 3.05) is 20.8 Å². The number of ether oxygens (including phenoxy) is 4. The van der Waals surface area contributed by atoms with Gasteiger partial charge in [-0.25, -0.2) is 9.59 Å². The van der Waals surface area contributed by atoms with Crippen molar-refractivity contribution in [2.24, 2.45) is 0 Å². The minimum Gasteiger partial charge on any atom is -0.493 e. The molecule has 6 heteroatoms. The predicted octanol–water partition coefficient (Wildman–Crippen LogP) is 3.48. The van der Waals surface area contributed by atoms with E-state index in [1.165, 1.54) is 20.3 Å². The van der Waals surface area contributed by atoms with Crippen LogP contribution in [0.4, 0.5) is 0 Å². The van der Waals surface area contributed by atoms with Gasteiger partial charge < -0.3 is 18.9 Å². The van der Waals surface area contributed by atoms with Crippen molar-refractivity contribution in [1.29, 1.82) is 0 Å². The molecule has 0 fully saturated rings. The first-order valence-electron chi connectivity index (χ1n) is 8.27. The van der Waals surface area contributed by atoms with Crippen LogP contribution in [0.3, 0.4) is 0 Å². The van der Waals surface area contributed by atoms with E-state index in [0.717, 1.165) is 11.1 Å². The summed E-state index contributed by atoms with van der Waals surface area (Å²) in [5, 5.41) is 0. The van der Waals surface area contributed by atoms with Gasteiger partial charge in [-0.3, -0.25) is 0 Å². The Balaban J connectivity index is 2.02. The van der Waals surface area contributed by atoms with Gasteiger partial charge in [0.1, 0.15) is 5.75 Å². The fourth-order valence-electron chi connectivity index (χ4n) is 2.35. The molecule has 0 atom stereocenters. The van der Waals surface area contributed by atoms with Crippen LogP contribution in [0.1, 0.15) is 16.7 Å². The minimum atomic E-state index is -0.550. The smallest absolute Gasteiger partial charge is 0.349 e. The van der Waals surface area contributed by atoms with Gasteiger partial charge >= 0.3 is 11.9 Å². The largest absolute Gasteiger partial charge is 0.493 e. The molecule has 2 aromatic carbocycles. The number of carbonyl (C=O) groups excluding carboxylic acids is 2. The Morgan fingerprint density at radius 2 is 1.70 bits per heavy atom. The maximum absolute atomic E-state index is 12.1. The summed E-state index contributed by atoms with van der Waals surface area (Å²) in [5.41, 5.74) is 2.76. The van der Waals surface area contributed by atoms with Crippen molar-refractivity contribution in [3.8, 4) is 17.2 Å². The molecule has 0 aliphatic heterocycles. The van der Waals surface area contributed by atoms with Gasteiger partial charge in [0.05, 0.1) is 14.2 Å². The van der Waals surface area contributed by atoms with E-state index >= 15 is 0 Å². The third kappa shape index (κ3) is 5.88. The number of methoxy groups -OCH3 is 2. The molecular weight excluding hydrogens is 348 g/mol. The first kappa shape index (κ1) is 20.0. The Morgan fingerprint density at radius 1 is 0.963 bits per heavy atom. The Labute approximate surface area is 158 Å². The lowest BCUT2D eigenvalue weighted by Gasteiger charge is -2.12. The Kier molecular flexibility index (Phi) is 7.00. The van der Waals surface area contributed by atoms with Crippen LogP contribution in [-0.2, 0) is 14.3 Å². The van der Waals surface area contributed by atoms with Gasteiger partial charge in [-0.1, -0.05) is 23.8 Å². The van der Waals surface area contributed by atoms with Crippen LogP contribution in [0.2, 0.25) is 0 Å².